The van der Waals surface area contributed by atoms with Crippen molar-refractivity contribution in [3.63, 3.8) is 0 Å². The van der Waals surface area contributed by atoms with E-state index in [9.17, 15) is 0 Å². The molecule has 0 aromatic heterocycles. The summed E-state index contributed by atoms with van der Waals surface area (Å²) >= 11 is 0. The molecule has 2 nitrogen and oxygen atoms in total. The minimum Gasteiger partial charge on any atom is -0.481 e. The fraction of sp³-hybridized carbons (Fsp3) is 0.667. The zero-order valence-corrected chi connectivity index (χ0v) is 5.24. The Morgan fingerprint density at radius 2 is 2.38 bits per heavy atom. The zero-order valence-electron chi connectivity index (χ0n) is 5.24. The summed E-state index contributed by atoms with van der Waals surface area (Å²) in [5.74, 6) is 0.284. The molecule has 0 spiro atoms. The fourth-order valence-corrected chi connectivity index (χ4v) is 0.297. The molecule has 0 fully saturated rings. The summed E-state index contributed by atoms with van der Waals surface area (Å²) in [4.78, 5) is 0. The lowest BCUT2D eigenvalue weighted by Crippen LogP contribution is -2.01. The predicted molar refractivity (Wildman–Crippen MR) is 33.9 cm³/mol. The quantitative estimate of drug-likeness (QED) is 0.439. The number of ether oxygens (including phenoxy) is 1. The van der Waals surface area contributed by atoms with Gasteiger partial charge in [-0.2, -0.15) is 0 Å². The standard InChI is InChI=1S/C6H12NO/c1-3-5-8-6(7)4-2/h7H,2-5H2,1H3. The second-order valence-corrected chi connectivity index (χ2v) is 1.52. The first-order valence-electron chi connectivity index (χ1n) is 2.80. The third-order valence-electron chi connectivity index (χ3n) is 0.707. The van der Waals surface area contributed by atoms with Crippen LogP contribution in [0, 0.1) is 12.3 Å². The molecule has 0 atom stereocenters. The summed E-state index contributed by atoms with van der Waals surface area (Å²) in [6, 6.07) is 0. The van der Waals surface area contributed by atoms with Crippen molar-refractivity contribution in [3.05, 3.63) is 6.92 Å². The van der Waals surface area contributed by atoms with E-state index >= 15 is 0 Å². The lowest BCUT2D eigenvalue weighted by Gasteiger charge is -2.00. The molecule has 1 radical (unpaired) electrons. The number of hydrogen-bond acceptors (Lipinski definition) is 2. The van der Waals surface area contributed by atoms with E-state index in [1.165, 1.54) is 0 Å². The largest absolute Gasteiger partial charge is 0.481 e. The highest BCUT2D eigenvalue weighted by atomic mass is 16.5. The van der Waals surface area contributed by atoms with Crippen LogP contribution in [0.25, 0.3) is 0 Å². The Bertz CT molecular complexity index is 70.9. The van der Waals surface area contributed by atoms with E-state index in [0.29, 0.717) is 13.0 Å². The Balaban J connectivity index is 2.99. The molecule has 0 aliphatic heterocycles. The van der Waals surface area contributed by atoms with Gasteiger partial charge >= 0.3 is 0 Å². The lowest BCUT2D eigenvalue weighted by molar-refractivity contribution is 0.295. The van der Waals surface area contributed by atoms with Crippen molar-refractivity contribution in [2.75, 3.05) is 6.61 Å². The molecule has 0 amide bonds. The summed E-state index contributed by atoms with van der Waals surface area (Å²) in [5.41, 5.74) is 0. The normalized spacial score (nSPS) is 8.75. The molecule has 0 saturated carbocycles. The van der Waals surface area contributed by atoms with Crippen molar-refractivity contribution in [1.29, 1.82) is 5.41 Å². The highest BCUT2D eigenvalue weighted by Crippen LogP contribution is 1.85. The van der Waals surface area contributed by atoms with Crippen LogP contribution in [0.2, 0.25) is 0 Å². The predicted octanol–water partition coefficient (Wildman–Crippen LogP) is 1.61. The summed E-state index contributed by atoms with van der Waals surface area (Å²) in [6.45, 7) is 6.15. The van der Waals surface area contributed by atoms with Crippen LogP contribution in [0.3, 0.4) is 0 Å². The Hall–Kier alpha value is -0.530. The summed E-state index contributed by atoms with van der Waals surface area (Å²) < 4.78 is 4.86. The van der Waals surface area contributed by atoms with Crippen LogP contribution in [0.15, 0.2) is 0 Å². The first-order valence-corrected chi connectivity index (χ1v) is 2.80. The first-order chi connectivity index (χ1) is 3.81. The molecule has 8 heavy (non-hydrogen) atoms. The maximum atomic E-state index is 6.96. The number of hydrogen-bond donors (Lipinski definition) is 1. The van der Waals surface area contributed by atoms with Crippen LogP contribution in [0.1, 0.15) is 19.8 Å². The molecule has 0 aliphatic carbocycles. The van der Waals surface area contributed by atoms with Crippen molar-refractivity contribution in [2.24, 2.45) is 0 Å². The van der Waals surface area contributed by atoms with E-state index in [0.717, 1.165) is 6.42 Å². The third kappa shape index (κ3) is 3.65. The van der Waals surface area contributed by atoms with Gasteiger partial charge in [0.25, 0.3) is 0 Å². The highest BCUT2D eigenvalue weighted by Gasteiger charge is 1.88. The minimum atomic E-state index is 0.284. The van der Waals surface area contributed by atoms with Crippen LogP contribution in [0.5, 0.6) is 0 Å². The Morgan fingerprint density at radius 1 is 1.75 bits per heavy atom. The highest BCUT2D eigenvalue weighted by molar-refractivity contribution is 5.72. The topological polar surface area (TPSA) is 33.1 Å². The third-order valence-corrected chi connectivity index (χ3v) is 0.707. The van der Waals surface area contributed by atoms with Crippen LogP contribution >= 0.6 is 0 Å². The van der Waals surface area contributed by atoms with Crippen LogP contribution < -0.4 is 0 Å². The van der Waals surface area contributed by atoms with Crippen molar-refractivity contribution in [1.82, 2.24) is 0 Å². The van der Waals surface area contributed by atoms with E-state index in [4.69, 9.17) is 10.1 Å². The average molecular weight is 114 g/mol. The Morgan fingerprint density at radius 3 is 2.75 bits per heavy atom. The molecule has 0 aromatic rings. The van der Waals surface area contributed by atoms with Gasteiger partial charge < -0.3 is 4.74 Å². The summed E-state index contributed by atoms with van der Waals surface area (Å²) in [7, 11) is 0. The van der Waals surface area contributed by atoms with E-state index in [-0.39, 0.29) is 5.90 Å². The summed E-state index contributed by atoms with van der Waals surface area (Å²) in [6.07, 6.45) is 1.42. The van der Waals surface area contributed by atoms with Gasteiger partial charge in [0.15, 0.2) is 5.90 Å². The molecular weight excluding hydrogens is 102 g/mol. The van der Waals surface area contributed by atoms with Gasteiger partial charge in [0.2, 0.25) is 0 Å². The molecule has 0 saturated heterocycles. The molecule has 0 aliphatic rings. The van der Waals surface area contributed by atoms with E-state index < -0.39 is 0 Å². The van der Waals surface area contributed by atoms with Gasteiger partial charge in [-0.3, -0.25) is 5.41 Å². The molecule has 0 aromatic carbocycles. The molecule has 47 valence electrons. The first kappa shape index (κ1) is 7.47. The van der Waals surface area contributed by atoms with E-state index in [1.54, 1.807) is 0 Å². The van der Waals surface area contributed by atoms with Crippen LogP contribution in [0.4, 0.5) is 0 Å². The molecule has 2 heteroatoms. The molecule has 0 heterocycles. The molecular formula is C6H12NO. The maximum Gasteiger partial charge on any atom is 0.180 e. The van der Waals surface area contributed by atoms with Crippen LogP contribution in [-0.2, 0) is 4.74 Å². The summed E-state index contributed by atoms with van der Waals surface area (Å²) in [5, 5.41) is 6.96. The van der Waals surface area contributed by atoms with Crippen molar-refractivity contribution >= 4 is 5.90 Å². The second kappa shape index (κ2) is 4.62. The van der Waals surface area contributed by atoms with Gasteiger partial charge in [-0.25, -0.2) is 0 Å². The van der Waals surface area contributed by atoms with E-state index in [1.807, 2.05) is 6.92 Å². The van der Waals surface area contributed by atoms with Gasteiger partial charge in [-0.05, 0) is 13.3 Å². The Labute approximate surface area is 50.4 Å². The minimum absolute atomic E-state index is 0.284. The van der Waals surface area contributed by atoms with E-state index in [2.05, 4.69) is 6.92 Å². The number of rotatable bonds is 3. The van der Waals surface area contributed by atoms with Crippen molar-refractivity contribution in [2.45, 2.75) is 19.8 Å². The van der Waals surface area contributed by atoms with Crippen LogP contribution in [-0.4, -0.2) is 12.5 Å². The van der Waals surface area contributed by atoms with Gasteiger partial charge in [0.05, 0.1) is 6.61 Å². The maximum absolute atomic E-state index is 6.96. The van der Waals surface area contributed by atoms with Crippen molar-refractivity contribution in [3.8, 4) is 0 Å². The zero-order chi connectivity index (χ0) is 6.41. The number of nitrogens with one attached hydrogen (secondary N) is 1. The molecule has 0 rings (SSSR count). The van der Waals surface area contributed by atoms with Gasteiger partial charge in [0.1, 0.15) is 0 Å². The Kier molecular flexibility index (Phi) is 4.32. The fourth-order valence-electron chi connectivity index (χ4n) is 0.297. The van der Waals surface area contributed by atoms with Gasteiger partial charge in [-0.15, -0.1) is 0 Å². The molecule has 1 N–H and O–H groups in total. The monoisotopic (exact) mass is 114 g/mol. The van der Waals surface area contributed by atoms with Gasteiger partial charge in [-0.1, -0.05) is 6.92 Å². The average Bonchev–Trinajstić information content (AvgIpc) is 1.83. The molecule has 0 unspecified atom stereocenters. The second-order valence-electron chi connectivity index (χ2n) is 1.52. The van der Waals surface area contributed by atoms with Gasteiger partial charge in [0, 0.05) is 6.42 Å². The molecule has 0 bridgehead atoms. The van der Waals surface area contributed by atoms with Crippen molar-refractivity contribution < 1.29 is 4.74 Å². The SMILES string of the molecule is [CH2]CC(=N)OCCC. The lowest BCUT2D eigenvalue weighted by atomic mass is 10.5. The smallest absolute Gasteiger partial charge is 0.180 e.